The Labute approximate surface area is 117 Å². The molecule has 6 heteroatoms. The van der Waals surface area contributed by atoms with E-state index in [0.29, 0.717) is 5.02 Å². The quantitative estimate of drug-likeness (QED) is 0.913. The lowest BCUT2D eigenvalue weighted by molar-refractivity contribution is 0.400. The SMILES string of the molecule is CCn1ncc(OC)c1C(NC)c1ncccc1Cl. The molecule has 1 unspecified atom stereocenters. The van der Waals surface area contributed by atoms with Crippen molar-refractivity contribution in [1.29, 1.82) is 0 Å². The number of rotatable bonds is 5. The largest absolute Gasteiger partial charge is 0.493 e. The first-order valence-corrected chi connectivity index (χ1v) is 6.48. The molecule has 0 bridgehead atoms. The lowest BCUT2D eigenvalue weighted by atomic mass is 10.1. The van der Waals surface area contributed by atoms with Gasteiger partial charge in [0.15, 0.2) is 5.75 Å². The van der Waals surface area contributed by atoms with Crippen LogP contribution in [0.2, 0.25) is 5.02 Å². The summed E-state index contributed by atoms with van der Waals surface area (Å²) in [5.74, 6) is 0.725. The van der Waals surface area contributed by atoms with Crippen molar-refractivity contribution in [1.82, 2.24) is 20.1 Å². The highest BCUT2D eigenvalue weighted by molar-refractivity contribution is 6.31. The molecule has 0 saturated carbocycles. The van der Waals surface area contributed by atoms with Crippen molar-refractivity contribution in [3.8, 4) is 5.75 Å². The molecule has 0 fully saturated rings. The van der Waals surface area contributed by atoms with Gasteiger partial charge in [0.2, 0.25) is 0 Å². The monoisotopic (exact) mass is 280 g/mol. The maximum atomic E-state index is 6.23. The molecule has 1 N–H and O–H groups in total. The summed E-state index contributed by atoms with van der Waals surface area (Å²) in [6.45, 7) is 2.78. The Balaban J connectivity index is 2.54. The van der Waals surface area contributed by atoms with Gasteiger partial charge in [-0.1, -0.05) is 11.6 Å². The van der Waals surface area contributed by atoms with Gasteiger partial charge in [0.05, 0.1) is 30.1 Å². The summed E-state index contributed by atoms with van der Waals surface area (Å²) in [6, 6.07) is 3.48. The van der Waals surface area contributed by atoms with Crippen molar-refractivity contribution in [2.75, 3.05) is 14.2 Å². The second-order valence-corrected chi connectivity index (χ2v) is 4.41. The van der Waals surface area contributed by atoms with E-state index >= 15 is 0 Å². The number of halogens is 1. The van der Waals surface area contributed by atoms with Crippen LogP contribution in [0.25, 0.3) is 0 Å². The normalized spacial score (nSPS) is 12.4. The smallest absolute Gasteiger partial charge is 0.161 e. The molecule has 5 nitrogen and oxygen atoms in total. The van der Waals surface area contributed by atoms with Crippen LogP contribution in [0.4, 0.5) is 0 Å². The number of hydrogen-bond acceptors (Lipinski definition) is 4. The van der Waals surface area contributed by atoms with Crippen LogP contribution in [-0.2, 0) is 6.54 Å². The molecule has 2 heterocycles. The minimum atomic E-state index is -0.161. The van der Waals surface area contributed by atoms with Crippen LogP contribution in [0.5, 0.6) is 5.75 Å². The van der Waals surface area contributed by atoms with Crippen molar-refractivity contribution in [3.05, 3.63) is 40.9 Å². The number of pyridine rings is 1. The third-order valence-corrected chi connectivity index (χ3v) is 3.31. The Morgan fingerprint density at radius 3 is 2.89 bits per heavy atom. The molecular weight excluding hydrogens is 264 g/mol. The van der Waals surface area contributed by atoms with E-state index in [1.807, 2.05) is 30.8 Å². The molecule has 19 heavy (non-hydrogen) atoms. The predicted octanol–water partition coefficient (Wildman–Crippen LogP) is 2.27. The van der Waals surface area contributed by atoms with Gasteiger partial charge in [-0.15, -0.1) is 0 Å². The first-order chi connectivity index (χ1) is 9.22. The minimum Gasteiger partial charge on any atom is -0.493 e. The second-order valence-electron chi connectivity index (χ2n) is 4.01. The van der Waals surface area contributed by atoms with Gasteiger partial charge in [-0.3, -0.25) is 9.67 Å². The van der Waals surface area contributed by atoms with Crippen molar-refractivity contribution < 1.29 is 4.74 Å². The van der Waals surface area contributed by atoms with Gasteiger partial charge in [0.25, 0.3) is 0 Å². The van der Waals surface area contributed by atoms with Gasteiger partial charge in [-0.2, -0.15) is 5.10 Å². The van der Waals surface area contributed by atoms with Crippen LogP contribution in [-0.4, -0.2) is 28.9 Å². The van der Waals surface area contributed by atoms with Gasteiger partial charge in [0, 0.05) is 12.7 Å². The van der Waals surface area contributed by atoms with E-state index in [0.717, 1.165) is 23.7 Å². The van der Waals surface area contributed by atoms with Crippen LogP contribution in [0.3, 0.4) is 0 Å². The zero-order valence-corrected chi connectivity index (χ0v) is 12.0. The molecule has 2 aromatic heterocycles. The third kappa shape index (κ3) is 2.57. The van der Waals surface area contributed by atoms with E-state index in [1.165, 1.54) is 0 Å². The van der Waals surface area contributed by atoms with Crippen LogP contribution < -0.4 is 10.1 Å². The highest BCUT2D eigenvalue weighted by Crippen LogP contribution is 2.31. The van der Waals surface area contributed by atoms with Crippen LogP contribution in [0.15, 0.2) is 24.5 Å². The van der Waals surface area contributed by atoms with E-state index in [4.69, 9.17) is 16.3 Å². The van der Waals surface area contributed by atoms with Crippen LogP contribution in [0.1, 0.15) is 24.4 Å². The molecule has 0 aliphatic rings. The molecule has 102 valence electrons. The third-order valence-electron chi connectivity index (χ3n) is 2.99. The molecule has 0 aromatic carbocycles. The Kier molecular flexibility index (Phi) is 4.39. The van der Waals surface area contributed by atoms with Crippen molar-refractivity contribution >= 4 is 11.6 Å². The Hall–Kier alpha value is -1.59. The standard InChI is InChI=1S/C13H17ClN4O/c1-4-18-13(10(19-3)8-17-18)12(15-2)11-9(14)6-5-7-16-11/h5-8,12,15H,4H2,1-3H3. The van der Waals surface area contributed by atoms with Gasteiger partial charge in [0.1, 0.15) is 5.69 Å². The Bertz CT molecular complexity index is 534. The minimum absolute atomic E-state index is 0.161. The predicted molar refractivity (Wildman–Crippen MR) is 74.6 cm³/mol. The van der Waals surface area contributed by atoms with Gasteiger partial charge >= 0.3 is 0 Å². The maximum absolute atomic E-state index is 6.23. The molecule has 1 atom stereocenters. The topological polar surface area (TPSA) is 52.0 Å². The zero-order chi connectivity index (χ0) is 13.8. The first-order valence-electron chi connectivity index (χ1n) is 6.10. The van der Waals surface area contributed by atoms with Crippen molar-refractivity contribution in [2.24, 2.45) is 0 Å². The first kappa shape index (κ1) is 13.8. The van der Waals surface area contributed by atoms with E-state index in [-0.39, 0.29) is 6.04 Å². The van der Waals surface area contributed by atoms with E-state index < -0.39 is 0 Å². The lowest BCUT2D eigenvalue weighted by Crippen LogP contribution is -2.23. The van der Waals surface area contributed by atoms with E-state index in [2.05, 4.69) is 15.4 Å². The van der Waals surface area contributed by atoms with E-state index in [1.54, 1.807) is 19.5 Å². The zero-order valence-electron chi connectivity index (χ0n) is 11.2. The van der Waals surface area contributed by atoms with Gasteiger partial charge in [-0.05, 0) is 26.1 Å². The molecule has 0 radical (unpaired) electrons. The summed E-state index contributed by atoms with van der Waals surface area (Å²) in [4.78, 5) is 4.37. The number of aromatic nitrogens is 3. The number of nitrogens with zero attached hydrogens (tertiary/aromatic N) is 3. The average molecular weight is 281 g/mol. The average Bonchev–Trinajstić information content (AvgIpc) is 2.85. The summed E-state index contributed by atoms with van der Waals surface area (Å²) >= 11 is 6.23. The fourth-order valence-electron chi connectivity index (χ4n) is 2.09. The molecule has 0 aliphatic heterocycles. The van der Waals surface area contributed by atoms with E-state index in [9.17, 15) is 0 Å². The molecule has 0 aliphatic carbocycles. The Morgan fingerprint density at radius 2 is 2.32 bits per heavy atom. The number of ether oxygens (including phenoxy) is 1. The number of hydrogen-bond donors (Lipinski definition) is 1. The fraction of sp³-hybridized carbons (Fsp3) is 0.385. The summed E-state index contributed by atoms with van der Waals surface area (Å²) in [6.07, 6.45) is 3.44. The number of nitrogens with one attached hydrogen (secondary N) is 1. The molecule has 0 spiro atoms. The summed E-state index contributed by atoms with van der Waals surface area (Å²) in [7, 11) is 3.50. The molecule has 0 saturated heterocycles. The number of methoxy groups -OCH3 is 1. The summed E-state index contributed by atoms with van der Waals surface area (Å²) in [5, 5.41) is 8.15. The second kappa shape index (κ2) is 6.04. The molecule has 2 rings (SSSR count). The van der Waals surface area contributed by atoms with Gasteiger partial charge in [-0.25, -0.2) is 0 Å². The number of aryl methyl sites for hydroxylation is 1. The summed E-state index contributed by atoms with van der Waals surface area (Å²) in [5.41, 5.74) is 1.69. The van der Waals surface area contributed by atoms with Crippen LogP contribution >= 0.6 is 11.6 Å². The highest BCUT2D eigenvalue weighted by Gasteiger charge is 2.24. The molecule has 2 aromatic rings. The van der Waals surface area contributed by atoms with Gasteiger partial charge < -0.3 is 10.1 Å². The molecule has 0 amide bonds. The van der Waals surface area contributed by atoms with Crippen LogP contribution in [0, 0.1) is 0 Å². The highest BCUT2D eigenvalue weighted by atomic mass is 35.5. The fourth-order valence-corrected chi connectivity index (χ4v) is 2.32. The molecular formula is C13H17ClN4O. The van der Waals surface area contributed by atoms with Crippen molar-refractivity contribution in [3.63, 3.8) is 0 Å². The maximum Gasteiger partial charge on any atom is 0.161 e. The Morgan fingerprint density at radius 1 is 1.53 bits per heavy atom. The van der Waals surface area contributed by atoms with Crippen molar-refractivity contribution in [2.45, 2.75) is 19.5 Å². The summed E-state index contributed by atoms with van der Waals surface area (Å²) < 4.78 is 7.26. The lowest BCUT2D eigenvalue weighted by Gasteiger charge is -2.19.